The van der Waals surface area contributed by atoms with Crippen molar-refractivity contribution in [1.82, 2.24) is 4.72 Å². The predicted molar refractivity (Wildman–Crippen MR) is 82.6 cm³/mol. The minimum atomic E-state index is -3.55. The Morgan fingerprint density at radius 2 is 2.05 bits per heavy atom. The molecule has 112 valence electrons. The van der Waals surface area contributed by atoms with E-state index in [0.29, 0.717) is 5.69 Å². The van der Waals surface area contributed by atoms with Gasteiger partial charge in [-0.05, 0) is 36.7 Å². The molecule has 0 radical (unpaired) electrons. The average Bonchev–Trinajstić information content (AvgIpc) is 3.01. The highest BCUT2D eigenvalue weighted by Crippen LogP contribution is 2.20. The van der Waals surface area contributed by atoms with Crippen LogP contribution in [0.1, 0.15) is 10.9 Å². The molecule has 2 aromatic rings. The molecule has 0 spiro atoms. The minimum Gasteiger partial charge on any atom is -0.324 e. The Morgan fingerprint density at radius 3 is 2.67 bits per heavy atom. The van der Waals surface area contributed by atoms with Crippen molar-refractivity contribution < 1.29 is 13.2 Å². The quantitative estimate of drug-likeness (QED) is 0.771. The number of hydrogen-bond donors (Lipinski definition) is 3. The lowest BCUT2D eigenvalue weighted by Crippen LogP contribution is -2.27. The van der Waals surface area contributed by atoms with Crippen LogP contribution in [0.2, 0.25) is 0 Å². The molecule has 1 amide bonds. The van der Waals surface area contributed by atoms with Gasteiger partial charge in [0.1, 0.15) is 6.04 Å². The van der Waals surface area contributed by atoms with Gasteiger partial charge in [-0.25, -0.2) is 13.1 Å². The van der Waals surface area contributed by atoms with Crippen LogP contribution in [0.5, 0.6) is 0 Å². The number of hydrogen-bond acceptors (Lipinski definition) is 5. The van der Waals surface area contributed by atoms with Crippen molar-refractivity contribution in [1.29, 1.82) is 0 Å². The topological polar surface area (TPSA) is 101 Å². The van der Waals surface area contributed by atoms with Gasteiger partial charge >= 0.3 is 0 Å². The van der Waals surface area contributed by atoms with E-state index in [-0.39, 0.29) is 4.90 Å². The summed E-state index contributed by atoms with van der Waals surface area (Å²) in [5, 5.41) is 4.45. The van der Waals surface area contributed by atoms with Crippen LogP contribution in [0.4, 0.5) is 5.69 Å². The average molecular weight is 325 g/mol. The van der Waals surface area contributed by atoms with Gasteiger partial charge in [-0.15, -0.1) is 11.3 Å². The Hall–Kier alpha value is -1.74. The number of nitrogens with one attached hydrogen (secondary N) is 2. The zero-order valence-corrected chi connectivity index (χ0v) is 12.9. The van der Waals surface area contributed by atoms with Gasteiger partial charge in [0.2, 0.25) is 15.9 Å². The number of anilines is 1. The van der Waals surface area contributed by atoms with Crippen molar-refractivity contribution in [3.05, 3.63) is 46.7 Å². The molecule has 1 unspecified atom stereocenters. The third-order valence-electron chi connectivity index (χ3n) is 2.81. The van der Waals surface area contributed by atoms with Gasteiger partial charge in [-0.2, -0.15) is 0 Å². The number of benzene rings is 1. The molecule has 0 aliphatic rings. The van der Waals surface area contributed by atoms with Crippen LogP contribution in [0.25, 0.3) is 0 Å². The van der Waals surface area contributed by atoms with E-state index >= 15 is 0 Å². The molecule has 0 bridgehead atoms. The highest BCUT2D eigenvalue weighted by Gasteiger charge is 2.18. The molecule has 1 aromatic heterocycles. The van der Waals surface area contributed by atoms with E-state index in [4.69, 9.17) is 5.73 Å². The van der Waals surface area contributed by atoms with Crippen LogP contribution < -0.4 is 15.8 Å². The second-order valence-corrected chi connectivity index (χ2v) is 7.08. The van der Waals surface area contributed by atoms with Crippen molar-refractivity contribution in [2.45, 2.75) is 10.9 Å². The van der Waals surface area contributed by atoms with Gasteiger partial charge in [-0.1, -0.05) is 12.1 Å². The van der Waals surface area contributed by atoms with Crippen LogP contribution in [0, 0.1) is 0 Å². The predicted octanol–water partition coefficient (Wildman–Crippen LogP) is 1.29. The summed E-state index contributed by atoms with van der Waals surface area (Å²) >= 11 is 1.39. The van der Waals surface area contributed by atoms with Crippen molar-refractivity contribution >= 4 is 33.0 Å². The zero-order chi connectivity index (χ0) is 15.5. The second kappa shape index (κ2) is 6.35. The zero-order valence-electron chi connectivity index (χ0n) is 11.2. The Bertz CT molecular complexity index is 727. The normalized spacial score (nSPS) is 12.9. The van der Waals surface area contributed by atoms with E-state index in [1.807, 2.05) is 11.4 Å². The lowest BCUT2D eigenvalue weighted by atomic mass is 10.2. The smallest absolute Gasteiger partial charge is 0.246 e. The fraction of sp³-hybridized carbons (Fsp3) is 0.154. The van der Waals surface area contributed by atoms with E-state index < -0.39 is 22.0 Å². The van der Waals surface area contributed by atoms with Crippen LogP contribution in [-0.2, 0) is 14.8 Å². The SMILES string of the molecule is CNS(=O)(=O)c1cccc(NC(=O)C(N)c2cccs2)c1. The molecular weight excluding hydrogens is 310 g/mol. The van der Waals surface area contributed by atoms with Crippen LogP contribution in [-0.4, -0.2) is 21.4 Å². The molecule has 1 atom stereocenters. The summed E-state index contributed by atoms with van der Waals surface area (Å²) in [5.74, 6) is -0.392. The number of thiophene rings is 1. The first-order chi connectivity index (χ1) is 9.94. The first kappa shape index (κ1) is 15.6. The number of sulfonamides is 1. The molecule has 4 N–H and O–H groups in total. The van der Waals surface area contributed by atoms with Gasteiger partial charge in [0, 0.05) is 10.6 Å². The van der Waals surface area contributed by atoms with Crippen LogP contribution >= 0.6 is 11.3 Å². The molecule has 8 heteroatoms. The summed E-state index contributed by atoms with van der Waals surface area (Å²) in [6.07, 6.45) is 0. The molecule has 1 aromatic carbocycles. The summed E-state index contributed by atoms with van der Waals surface area (Å²) < 4.78 is 25.6. The number of nitrogens with two attached hydrogens (primary N) is 1. The van der Waals surface area contributed by atoms with E-state index in [0.717, 1.165) is 4.88 Å². The van der Waals surface area contributed by atoms with Crippen molar-refractivity contribution in [3.8, 4) is 0 Å². The highest BCUT2D eigenvalue weighted by molar-refractivity contribution is 7.89. The van der Waals surface area contributed by atoms with Crippen molar-refractivity contribution in [2.75, 3.05) is 12.4 Å². The third-order valence-corrected chi connectivity index (χ3v) is 5.18. The third kappa shape index (κ3) is 3.67. The number of rotatable bonds is 5. The molecule has 1 heterocycles. The van der Waals surface area contributed by atoms with E-state index in [1.165, 1.54) is 30.5 Å². The lowest BCUT2D eigenvalue weighted by molar-refractivity contribution is -0.117. The Labute approximate surface area is 127 Å². The number of carbonyl (C=O) groups excluding carboxylic acids is 1. The largest absolute Gasteiger partial charge is 0.324 e. The first-order valence-corrected chi connectivity index (χ1v) is 8.44. The van der Waals surface area contributed by atoms with Gasteiger partial charge < -0.3 is 11.1 Å². The molecule has 2 rings (SSSR count). The van der Waals surface area contributed by atoms with Crippen LogP contribution in [0.3, 0.4) is 0 Å². The minimum absolute atomic E-state index is 0.0764. The first-order valence-electron chi connectivity index (χ1n) is 6.07. The van der Waals surface area contributed by atoms with Crippen molar-refractivity contribution in [3.63, 3.8) is 0 Å². The molecule has 0 aliphatic carbocycles. The summed E-state index contributed by atoms with van der Waals surface area (Å²) in [5.41, 5.74) is 6.23. The summed E-state index contributed by atoms with van der Waals surface area (Å²) in [7, 11) is -2.22. The fourth-order valence-corrected chi connectivity index (χ4v) is 3.18. The van der Waals surface area contributed by atoms with Gasteiger partial charge in [0.25, 0.3) is 0 Å². The summed E-state index contributed by atoms with van der Waals surface area (Å²) in [6.45, 7) is 0. The maximum Gasteiger partial charge on any atom is 0.246 e. The van der Waals surface area contributed by atoms with Gasteiger partial charge in [0.15, 0.2) is 0 Å². The molecule has 6 nitrogen and oxygen atoms in total. The summed E-state index contributed by atoms with van der Waals surface area (Å²) in [6, 6.07) is 8.79. The highest BCUT2D eigenvalue weighted by atomic mass is 32.2. The molecule has 0 fully saturated rings. The standard InChI is InChI=1S/C13H15N3O3S2/c1-15-21(18,19)10-5-2-4-9(8-10)16-13(17)12(14)11-6-3-7-20-11/h2-8,12,15H,14H2,1H3,(H,16,17). The van der Waals surface area contributed by atoms with Crippen LogP contribution in [0.15, 0.2) is 46.7 Å². The lowest BCUT2D eigenvalue weighted by Gasteiger charge is -2.11. The van der Waals surface area contributed by atoms with Crippen molar-refractivity contribution in [2.24, 2.45) is 5.73 Å². The van der Waals surface area contributed by atoms with Gasteiger partial charge in [-0.3, -0.25) is 4.79 Å². The fourth-order valence-electron chi connectivity index (χ4n) is 1.68. The number of amides is 1. The maximum absolute atomic E-state index is 12.0. The summed E-state index contributed by atoms with van der Waals surface area (Å²) in [4.78, 5) is 12.9. The van der Waals surface area contributed by atoms with E-state index in [9.17, 15) is 13.2 Å². The number of carbonyl (C=O) groups is 1. The molecular formula is C13H15N3O3S2. The molecule has 0 saturated heterocycles. The second-order valence-electron chi connectivity index (χ2n) is 4.22. The van der Waals surface area contributed by atoms with E-state index in [2.05, 4.69) is 10.0 Å². The van der Waals surface area contributed by atoms with Gasteiger partial charge in [0.05, 0.1) is 4.90 Å². The maximum atomic E-state index is 12.0. The Kier molecular flexibility index (Phi) is 4.73. The molecule has 0 aliphatic heterocycles. The molecule has 0 saturated carbocycles. The Balaban J connectivity index is 2.17. The Morgan fingerprint density at radius 1 is 1.29 bits per heavy atom. The van der Waals surface area contributed by atoms with E-state index in [1.54, 1.807) is 18.2 Å². The monoisotopic (exact) mass is 325 g/mol. The molecule has 21 heavy (non-hydrogen) atoms.